The molecule has 0 bridgehead atoms. The van der Waals surface area contributed by atoms with Gasteiger partial charge in [0.1, 0.15) is 18.1 Å². The normalized spacial score (nSPS) is 10.7. The van der Waals surface area contributed by atoms with E-state index in [-0.39, 0.29) is 5.78 Å². The summed E-state index contributed by atoms with van der Waals surface area (Å²) in [6, 6.07) is 24.7. The van der Waals surface area contributed by atoms with E-state index >= 15 is 0 Å². The van der Waals surface area contributed by atoms with E-state index in [1.54, 1.807) is 31.4 Å². The molecular weight excluding hydrogens is 324 g/mol. The van der Waals surface area contributed by atoms with E-state index in [0.717, 1.165) is 22.6 Å². The van der Waals surface area contributed by atoms with E-state index in [9.17, 15) is 4.79 Å². The molecule has 0 aliphatic heterocycles. The standard InChI is InChI=1S/C23H20O3/c1-25-21-12-7-18(8-13-21)9-16-23(24)20-10-14-22(15-11-20)26-17-19-5-3-2-4-6-19/h2-16H,17H2,1H3/b16-9+. The smallest absolute Gasteiger partial charge is 0.185 e. The monoisotopic (exact) mass is 344 g/mol. The molecular formula is C23H20O3. The Balaban J connectivity index is 1.58. The van der Waals surface area contributed by atoms with Crippen LogP contribution in [-0.4, -0.2) is 12.9 Å². The van der Waals surface area contributed by atoms with Crippen molar-refractivity contribution in [2.24, 2.45) is 0 Å². The second-order valence-corrected chi connectivity index (χ2v) is 5.77. The average molecular weight is 344 g/mol. The van der Waals surface area contributed by atoms with Gasteiger partial charge in [-0.25, -0.2) is 0 Å². The molecule has 3 aromatic carbocycles. The second-order valence-electron chi connectivity index (χ2n) is 5.77. The van der Waals surface area contributed by atoms with E-state index in [2.05, 4.69) is 0 Å². The minimum atomic E-state index is -0.0459. The van der Waals surface area contributed by atoms with E-state index in [1.807, 2.05) is 66.7 Å². The predicted molar refractivity (Wildman–Crippen MR) is 104 cm³/mol. The summed E-state index contributed by atoms with van der Waals surface area (Å²) >= 11 is 0. The number of benzene rings is 3. The highest BCUT2D eigenvalue weighted by Crippen LogP contribution is 2.16. The van der Waals surface area contributed by atoms with Crippen LogP contribution in [0, 0.1) is 0 Å². The lowest BCUT2D eigenvalue weighted by Gasteiger charge is -2.06. The van der Waals surface area contributed by atoms with Gasteiger partial charge in [0, 0.05) is 5.56 Å². The van der Waals surface area contributed by atoms with Crippen molar-refractivity contribution >= 4 is 11.9 Å². The Labute approximate surface area is 153 Å². The molecule has 0 saturated heterocycles. The van der Waals surface area contributed by atoms with E-state index in [1.165, 1.54) is 0 Å². The minimum Gasteiger partial charge on any atom is -0.497 e. The van der Waals surface area contributed by atoms with Gasteiger partial charge in [0.25, 0.3) is 0 Å². The molecule has 0 atom stereocenters. The zero-order valence-corrected chi connectivity index (χ0v) is 14.6. The van der Waals surface area contributed by atoms with E-state index in [0.29, 0.717) is 12.2 Å². The first kappa shape index (κ1) is 17.5. The lowest BCUT2D eigenvalue weighted by molar-refractivity contribution is 0.104. The molecule has 0 unspecified atom stereocenters. The summed E-state index contributed by atoms with van der Waals surface area (Å²) in [5.41, 5.74) is 2.68. The summed E-state index contributed by atoms with van der Waals surface area (Å²) in [6.07, 6.45) is 3.36. The second kappa shape index (κ2) is 8.67. The third-order valence-electron chi connectivity index (χ3n) is 3.93. The van der Waals surface area contributed by atoms with Crippen molar-refractivity contribution in [2.75, 3.05) is 7.11 Å². The first-order valence-electron chi connectivity index (χ1n) is 8.38. The van der Waals surface area contributed by atoms with Crippen molar-refractivity contribution in [3.05, 3.63) is 102 Å². The molecule has 0 spiro atoms. The Morgan fingerprint density at radius 1 is 0.846 bits per heavy atom. The van der Waals surface area contributed by atoms with Gasteiger partial charge < -0.3 is 9.47 Å². The largest absolute Gasteiger partial charge is 0.497 e. The molecule has 3 heteroatoms. The van der Waals surface area contributed by atoms with Crippen LogP contribution in [0.15, 0.2) is 84.9 Å². The van der Waals surface area contributed by atoms with Crippen LogP contribution in [0.2, 0.25) is 0 Å². The van der Waals surface area contributed by atoms with Crippen molar-refractivity contribution < 1.29 is 14.3 Å². The number of hydrogen-bond acceptors (Lipinski definition) is 3. The number of rotatable bonds is 7. The molecule has 130 valence electrons. The first-order valence-corrected chi connectivity index (χ1v) is 8.38. The molecule has 0 amide bonds. The first-order chi connectivity index (χ1) is 12.7. The van der Waals surface area contributed by atoms with Crippen LogP contribution in [0.1, 0.15) is 21.5 Å². The number of hydrogen-bond donors (Lipinski definition) is 0. The molecule has 0 aliphatic carbocycles. The fourth-order valence-corrected chi connectivity index (χ4v) is 2.44. The molecule has 0 saturated carbocycles. The lowest BCUT2D eigenvalue weighted by Crippen LogP contribution is -1.97. The van der Waals surface area contributed by atoms with Crippen LogP contribution >= 0.6 is 0 Å². The zero-order chi connectivity index (χ0) is 18.2. The maximum Gasteiger partial charge on any atom is 0.185 e. The van der Waals surface area contributed by atoms with Crippen molar-refractivity contribution in [2.45, 2.75) is 6.61 Å². The maximum absolute atomic E-state index is 12.3. The molecule has 0 heterocycles. The van der Waals surface area contributed by atoms with Crippen LogP contribution in [0.5, 0.6) is 11.5 Å². The van der Waals surface area contributed by atoms with Crippen molar-refractivity contribution in [1.29, 1.82) is 0 Å². The lowest BCUT2D eigenvalue weighted by atomic mass is 10.1. The fourth-order valence-electron chi connectivity index (χ4n) is 2.44. The van der Waals surface area contributed by atoms with Gasteiger partial charge in [0.15, 0.2) is 5.78 Å². The highest BCUT2D eigenvalue weighted by Gasteiger charge is 2.03. The molecule has 3 nitrogen and oxygen atoms in total. The van der Waals surface area contributed by atoms with Gasteiger partial charge in [0.05, 0.1) is 7.11 Å². The summed E-state index contributed by atoms with van der Waals surface area (Å²) in [6.45, 7) is 0.505. The summed E-state index contributed by atoms with van der Waals surface area (Å²) < 4.78 is 10.9. The number of ketones is 1. The number of methoxy groups -OCH3 is 1. The third-order valence-corrected chi connectivity index (χ3v) is 3.93. The quantitative estimate of drug-likeness (QED) is 0.438. The van der Waals surface area contributed by atoms with E-state index < -0.39 is 0 Å². The van der Waals surface area contributed by atoms with Gasteiger partial charge in [0.2, 0.25) is 0 Å². The van der Waals surface area contributed by atoms with Crippen LogP contribution < -0.4 is 9.47 Å². The predicted octanol–water partition coefficient (Wildman–Crippen LogP) is 5.17. The zero-order valence-electron chi connectivity index (χ0n) is 14.6. The summed E-state index contributed by atoms with van der Waals surface area (Å²) in [5.74, 6) is 1.49. The van der Waals surface area contributed by atoms with E-state index in [4.69, 9.17) is 9.47 Å². The fraction of sp³-hybridized carbons (Fsp3) is 0.0870. The molecule has 0 aromatic heterocycles. The van der Waals surface area contributed by atoms with Gasteiger partial charge in [-0.3, -0.25) is 4.79 Å². The van der Waals surface area contributed by atoms with Crippen LogP contribution in [0.4, 0.5) is 0 Å². The molecule has 3 aromatic rings. The van der Waals surface area contributed by atoms with Crippen molar-refractivity contribution in [3.8, 4) is 11.5 Å². The summed E-state index contributed by atoms with van der Waals surface area (Å²) in [7, 11) is 1.63. The minimum absolute atomic E-state index is 0.0459. The Hall–Kier alpha value is -3.33. The highest BCUT2D eigenvalue weighted by molar-refractivity contribution is 6.06. The average Bonchev–Trinajstić information content (AvgIpc) is 2.72. The summed E-state index contributed by atoms with van der Waals surface area (Å²) in [5, 5.41) is 0. The number of carbonyl (C=O) groups is 1. The summed E-state index contributed by atoms with van der Waals surface area (Å²) in [4.78, 5) is 12.3. The molecule has 0 N–H and O–H groups in total. The molecule has 0 radical (unpaired) electrons. The topological polar surface area (TPSA) is 35.5 Å². The van der Waals surface area contributed by atoms with Gasteiger partial charge in [-0.1, -0.05) is 48.5 Å². The van der Waals surface area contributed by atoms with Gasteiger partial charge >= 0.3 is 0 Å². The van der Waals surface area contributed by atoms with Crippen molar-refractivity contribution in [1.82, 2.24) is 0 Å². The Kier molecular flexibility index (Phi) is 5.84. The Bertz CT molecular complexity index is 864. The molecule has 26 heavy (non-hydrogen) atoms. The van der Waals surface area contributed by atoms with Crippen molar-refractivity contribution in [3.63, 3.8) is 0 Å². The highest BCUT2D eigenvalue weighted by atomic mass is 16.5. The van der Waals surface area contributed by atoms with Gasteiger partial charge in [-0.05, 0) is 53.6 Å². The van der Waals surface area contributed by atoms with Crippen LogP contribution in [0.25, 0.3) is 6.08 Å². The molecule has 0 fully saturated rings. The maximum atomic E-state index is 12.3. The van der Waals surface area contributed by atoms with Gasteiger partial charge in [-0.2, -0.15) is 0 Å². The molecule has 0 aliphatic rings. The molecule has 3 rings (SSSR count). The van der Waals surface area contributed by atoms with Crippen LogP contribution in [0.3, 0.4) is 0 Å². The Morgan fingerprint density at radius 2 is 1.50 bits per heavy atom. The van der Waals surface area contributed by atoms with Gasteiger partial charge in [-0.15, -0.1) is 0 Å². The van der Waals surface area contributed by atoms with Crippen LogP contribution in [-0.2, 0) is 6.61 Å². The number of ether oxygens (including phenoxy) is 2. The number of carbonyl (C=O) groups excluding carboxylic acids is 1. The SMILES string of the molecule is COc1ccc(/C=C/C(=O)c2ccc(OCc3ccccc3)cc2)cc1. The number of allylic oxidation sites excluding steroid dienone is 1. The Morgan fingerprint density at radius 3 is 2.15 bits per heavy atom. The third kappa shape index (κ3) is 4.84.